The fourth-order valence-corrected chi connectivity index (χ4v) is 1.55. The summed E-state index contributed by atoms with van der Waals surface area (Å²) >= 11 is 0. The van der Waals surface area contributed by atoms with Crippen LogP contribution in [-0.2, 0) is 0 Å². The Labute approximate surface area is 105 Å². The first-order valence-electron chi connectivity index (χ1n) is 5.51. The zero-order valence-electron chi connectivity index (χ0n) is 9.71. The van der Waals surface area contributed by atoms with Crippen molar-refractivity contribution in [3.8, 4) is 11.5 Å². The largest absolute Gasteiger partial charge is 0.457 e. The van der Waals surface area contributed by atoms with Crippen LogP contribution in [-0.4, -0.2) is 10.9 Å². The van der Waals surface area contributed by atoms with Crippen LogP contribution >= 0.6 is 0 Å². The third kappa shape index (κ3) is 2.87. The number of ether oxygens (including phenoxy) is 1. The maximum atomic E-state index is 9.68. The number of hydrogen-bond donors (Lipinski definition) is 3. The molecule has 1 atom stereocenters. The second-order valence-corrected chi connectivity index (χ2v) is 3.85. The van der Waals surface area contributed by atoms with Crippen LogP contribution in [0.5, 0.6) is 11.5 Å². The van der Waals surface area contributed by atoms with Gasteiger partial charge in [0.15, 0.2) is 0 Å². The van der Waals surface area contributed by atoms with Gasteiger partial charge in [0, 0.05) is 0 Å². The molecule has 0 aliphatic heterocycles. The number of amidine groups is 1. The quantitative estimate of drug-likeness (QED) is 0.569. The lowest BCUT2D eigenvalue weighted by Gasteiger charge is -2.11. The molecule has 0 radical (unpaired) electrons. The van der Waals surface area contributed by atoms with Crippen molar-refractivity contribution < 1.29 is 9.84 Å². The summed E-state index contributed by atoms with van der Waals surface area (Å²) in [4.78, 5) is 0. The van der Waals surface area contributed by atoms with E-state index >= 15 is 0 Å². The molecule has 2 aromatic rings. The number of para-hydroxylation sites is 1. The number of rotatable bonds is 4. The molecule has 0 bridgehead atoms. The summed E-state index contributed by atoms with van der Waals surface area (Å²) in [5, 5.41) is 16.9. The number of benzene rings is 2. The van der Waals surface area contributed by atoms with Crippen molar-refractivity contribution in [3.05, 3.63) is 60.2 Å². The minimum absolute atomic E-state index is 0.285. The SMILES string of the molecule is N=C(N)[C@H](O)c1cccc(Oc2ccccc2)c1. The van der Waals surface area contributed by atoms with Crippen LogP contribution in [0, 0.1) is 5.41 Å². The molecule has 0 spiro atoms. The summed E-state index contributed by atoms with van der Waals surface area (Å²) in [6.45, 7) is 0. The molecule has 4 nitrogen and oxygen atoms in total. The number of nitrogens with one attached hydrogen (secondary N) is 1. The normalized spacial score (nSPS) is 11.8. The Morgan fingerprint density at radius 2 is 1.72 bits per heavy atom. The van der Waals surface area contributed by atoms with Crippen molar-refractivity contribution in [1.29, 1.82) is 5.41 Å². The molecular weight excluding hydrogens is 228 g/mol. The molecule has 0 amide bonds. The summed E-state index contributed by atoms with van der Waals surface area (Å²) in [5.41, 5.74) is 5.80. The van der Waals surface area contributed by atoms with Crippen molar-refractivity contribution >= 4 is 5.84 Å². The number of hydrogen-bond acceptors (Lipinski definition) is 3. The number of aliphatic hydroxyl groups is 1. The molecule has 18 heavy (non-hydrogen) atoms. The summed E-state index contributed by atoms with van der Waals surface area (Å²) in [7, 11) is 0. The van der Waals surface area contributed by atoms with Gasteiger partial charge in [0.2, 0.25) is 0 Å². The Balaban J connectivity index is 2.20. The highest BCUT2D eigenvalue weighted by Crippen LogP contribution is 2.24. The van der Waals surface area contributed by atoms with Gasteiger partial charge in [-0.05, 0) is 29.8 Å². The van der Waals surface area contributed by atoms with Gasteiger partial charge in [-0.25, -0.2) is 0 Å². The van der Waals surface area contributed by atoms with E-state index in [4.69, 9.17) is 15.9 Å². The van der Waals surface area contributed by atoms with E-state index in [0.29, 0.717) is 17.1 Å². The summed E-state index contributed by atoms with van der Waals surface area (Å²) in [5.74, 6) is 1.03. The van der Waals surface area contributed by atoms with Crippen molar-refractivity contribution in [2.24, 2.45) is 5.73 Å². The minimum atomic E-state index is -1.09. The molecule has 92 valence electrons. The molecule has 2 aromatic carbocycles. The molecule has 0 aliphatic rings. The van der Waals surface area contributed by atoms with Gasteiger partial charge in [-0.3, -0.25) is 5.41 Å². The van der Waals surface area contributed by atoms with E-state index in [1.807, 2.05) is 30.3 Å². The van der Waals surface area contributed by atoms with Crippen LogP contribution < -0.4 is 10.5 Å². The third-order valence-electron chi connectivity index (χ3n) is 2.45. The second kappa shape index (κ2) is 5.33. The van der Waals surface area contributed by atoms with Gasteiger partial charge in [0.1, 0.15) is 23.4 Å². The van der Waals surface area contributed by atoms with Gasteiger partial charge in [-0.2, -0.15) is 0 Å². The molecule has 0 aliphatic carbocycles. The van der Waals surface area contributed by atoms with E-state index in [9.17, 15) is 5.11 Å². The average molecular weight is 242 g/mol. The summed E-state index contributed by atoms with van der Waals surface area (Å²) in [6.07, 6.45) is -1.09. The highest BCUT2D eigenvalue weighted by atomic mass is 16.5. The third-order valence-corrected chi connectivity index (χ3v) is 2.45. The smallest absolute Gasteiger partial charge is 0.136 e. The van der Waals surface area contributed by atoms with E-state index < -0.39 is 6.10 Å². The fraction of sp³-hybridized carbons (Fsp3) is 0.0714. The Bertz CT molecular complexity index is 541. The van der Waals surface area contributed by atoms with Gasteiger partial charge in [0.25, 0.3) is 0 Å². The van der Waals surface area contributed by atoms with E-state index in [0.717, 1.165) is 0 Å². The zero-order valence-corrected chi connectivity index (χ0v) is 9.71. The predicted octanol–water partition coefficient (Wildman–Crippen LogP) is 2.45. The topological polar surface area (TPSA) is 79.3 Å². The van der Waals surface area contributed by atoms with Crippen LogP contribution in [0.4, 0.5) is 0 Å². The van der Waals surface area contributed by atoms with Crippen LogP contribution in [0.1, 0.15) is 11.7 Å². The molecule has 4 N–H and O–H groups in total. The fourth-order valence-electron chi connectivity index (χ4n) is 1.55. The van der Waals surface area contributed by atoms with Gasteiger partial charge in [-0.1, -0.05) is 30.3 Å². The summed E-state index contributed by atoms with van der Waals surface area (Å²) < 4.78 is 5.63. The zero-order chi connectivity index (χ0) is 13.0. The minimum Gasteiger partial charge on any atom is -0.457 e. The van der Waals surface area contributed by atoms with Crippen LogP contribution in [0.15, 0.2) is 54.6 Å². The molecular formula is C14H14N2O2. The molecule has 2 rings (SSSR count). The Hall–Kier alpha value is -2.33. The molecule has 0 unspecified atom stereocenters. The molecule has 0 aromatic heterocycles. The van der Waals surface area contributed by atoms with E-state index in [1.165, 1.54) is 0 Å². The highest BCUT2D eigenvalue weighted by molar-refractivity contribution is 5.82. The van der Waals surface area contributed by atoms with Crippen molar-refractivity contribution in [2.75, 3.05) is 0 Å². The van der Waals surface area contributed by atoms with Crippen molar-refractivity contribution in [1.82, 2.24) is 0 Å². The van der Waals surface area contributed by atoms with Gasteiger partial charge < -0.3 is 15.6 Å². The molecule has 0 fully saturated rings. The molecule has 4 heteroatoms. The molecule has 0 heterocycles. The lowest BCUT2D eigenvalue weighted by molar-refractivity contribution is 0.244. The van der Waals surface area contributed by atoms with Crippen LogP contribution in [0.2, 0.25) is 0 Å². The van der Waals surface area contributed by atoms with Gasteiger partial charge >= 0.3 is 0 Å². The van der Waals surface area contributed by atoms with Gasteiger partial charge in [-0.15, -0.1) is 0 Å². The Kier molecular flexibility index (Phi) is 3.60. The van der Waals surface area contributed by atoms with E-state index in [1.54, 1.807) is 24.3 Å². The lowest BCUT2D eigenvalue weighted by Crippen LogP contribution is -2.19. The van der Waals surface area contributed by atoms with E-state index in [2.05, 4.69) is 0 Å². The highest BCUT2D eigenvalue weighted by Gasteiger charge is 2.11. The van der Waals surface area contributed by atoms with Crippen molar-refractivity contribution in [2.45, 2.75) is 6.10 Å². The average Bonchev–Trinajstić information content (AvgIpc) is 2.39. The maximum Gasteiger partial charge on any atom is 0.136 e. The van der Waals surface area contributed by atoms with Gasteiger partial charge in [0.05, 0.1) is 0 Å². The second-order valence-electron chi connectivity index (χ2n) is 3.85. The first-order chi connectivity index (χ1) is 8.66. The van der Waals surface area contributed by atoms with Crippen molar-refractivity contribution in [3.63, 3.8) is 0 Å². The molecule has 0 saturated carbocycles. The lowest BCUT2D eigenvalue weighted by atomic mass is 10.1. The van der Waals surface area contributed by atoms with E-state index in [-0.39, 0.29) is 5.84 Å². The predicted molar refractivity (Wildman–Crippen MR) is 69.8 cm³/mol. The molecule has 0 saturated heterocycles. The standard InChI is InChI=1S/C14H14N2O2/c15-14(16)13(17)10-5-4-8-12(9-10)18-11-6-2-1-3-7-11/h1-9,13,17H,(H3,15,16)/t13-/m1/s1. The first kappa shape index (κ1) is 12.1. The number of aliphatic hydroxyl groups excluding tert-OH is 1. The Morgan fingerprint density at radius 1 is 1.06 bits per heavy atom. The first-order valence-corrected chi connectivity index (χ1v) is 5.51. The number of nitrogens with two attached hydrogens (primary N) is 1. The van der Waals surface area contributed by atoms with Crippen LogP contribution in [0.25, 0.3) is 0 Å². The Morgan fingerprint density at radius 3 is 2.39 bits per heavy atom. The summed E-state index contributed by atoms with van der Waals surface area (Å²) in [6, 6.07) is 16.2. The maximum absolute atomic E-state index is 9.68. The monoisotopic (exact) mass is 242 g/mol. The van der Waals surface area contributed by atoms with Crippen LogP contribution in [0.3, 0.4) is 0 Å².